The van der Waals surface area contributed by atoms with E-state index in [-0.39, 0.29) is 23.2 Å². The smallest absolute Gasteiger partial charge is 0.410 e. The van der Waals surface area contributed by atoms with Crippen LogP contribution in [-0.4, -0.2) is 48.4 Å². The minimum atomic E-state index is -0.566. The van der Waals surface area contributed by atoms with Gasteiger partial charge in [0, 0.05) is 43.0 Å². The predicted molar refractivity (Wildman–Crippen MR) is 157 cm³/mol. The molecule has 2 aromatic carbocycles. The quantitative estimate of drug-likeness (QED) is 0.316. The highest BCUT2D eigenvalue weighted by atomic mass is 35.5. The molecule has 1 fully saturated rings. The minimum Gasteiger partial charge on any atom is -0.444 e. The van der Waals surface area contributed by atoms with E-state index in [2.05, 4.69) is 0 Å². The van der Waals surface area contributed by atoms with Crippen molar-refractivity contribution >= 4 is 40.5 Å². The van der Waals surface area contributed by atoms with E-state index in [1.807, 2.05) is 39.0 Å². The van der Waals surface area contributed by atoms with Crippen LogP contribution in [0.15, 0.2) is 58.1 Å². The molecule has 0 atom stereocenters. The highest BCUT2D eigenvalue weighted by molar-refractivity contribution is 6.33. The molecule has 1 aliphatic rings. The van der Waals surface area contributed by atoms with Crippen LogP contribution in [0.3, 0.4) is 0 Å². The molecule has 1 saturated heterocycles. The van der Waals surface area contributed by atoms with E-state index in [0.717, 1.165) is 4.57 Å². The third-order valence-electron chi connectivity index (χ3n) is 7.05. The van der Waals surface area contributed by atoms with Gasteiger partial charge in [-0.05, 0) is 75.9 Å². The summed E-state index contributed by atoms with van der Waals surface area (Å²) in [7, 11) is 1.47. The fraction of sp³-hybridized carbons (Fsp3) is 0.379. The van der Waals surface area contributed by atoms with Crippen LogP contribution >= 0.6 is 23.2 Å². The Morgan fingerprint density at radius 2 is 1.68 bits per heavy atom. The van der Waals surface area contributed by atoms with Crippen molar-refractivity contribution in [3.8, 4) is 17.1 Å². The molecule has 1 aliphatic heterocycles. The highest BCUT2D eigenvalue weighted by Gasteiger charge is 2.29. The number of amides is 1. The molecule has 9 nitrogen and oxygen atoms in total. The Labute approximate surface area is 241 Å². The van der Waals surface area contributed by atoms with E-state index < -0.39 is 16.9 Å². The van der Waals surface area contributed by atoms with E-state index >= 15 is 0 Å². The monoisotopic (exact) mass is 583 g/mol. The Bertz CT molecular complexity index is 1690. The Balaban J connectivity index is 1.59. The molecule has 0 saturated carbocycles. The van der Waals surface area contributed by atoms with Gasteiger partial charge < -0.3 is 9.64 Å². The van der Waals surface area contributed by atoms with Crippen LogP contribution in [0.1, 0.15) is 33.6 Å². The van der Waals surface area contributed by atoms with Crippen LogP contribution in [-0.2, 0) is 18.3 Å². The lowest BCUT2D eigenvalue weighted by molar-refractivity contribution is 0.0178. The van der Waals surface area contributed by atoms with Crippen molar-refractivity contribution in [2.75, 3.05) is 13.1 Å². The molecule has 0 spiro atoms. The zero-order valence-electron chi connectivity index (χ0n) is 22.9. The van der Waals surface area contributed by atoms with Gasteiger partial charge in [-0.25, -0.2) is 14.6 Å². The number of carbonyl (C=O) groups excluding carboxylic acids is 1. The summed E-state index contributed by atoms with van der Waals surface area (Å²) in [5, 5.41) is 1.02. The van der Waals surface area contributed by atoms with Crippen LogP contribution in [0.5, 0.6) is 0 Å². The molecule has 4 aromatic rings. The van der Waals surface area contributed by atoms with Gasteiger partial charge in [-0.1, -0.05) is 35.3 Å². The predicted octanol–water partition coefficient (Wildman–Crippen LogP) is 5.51. The van der Waals surface area contributed by atoms with Crippen molar-refractivity contribution in [1.29, 1.82) is 0 Å². The van der Waals surface area contributed by atoms with Gasteiger partial charge in [-0.2, -0.15) is 0 Å². The molecule has 0 bridgehead atoms. The number of likely N-dealkylation sites (tertiary alicyclic amines) is 1. The largest absolute Gasteiger partial charge is 0.444 e. The summed E-state index contributed by atoms with van der Waals surface area (Å²) >= 11 is 12.7. The van der Waals surface area contributed by atoms with E-state index in [9.17, 15) is 14.4 Å². The van der Waals surface area contributed by atoms with Crippen LogP contribution < -0.4 is 11.2 Å². The lowest BCUT2D eigenvalue weighted by atomic mass is 9.97. The van der Waals surface area contributed by atoms with Crippen molar-refractivity contribution in [1.82, 2.24) is 23.6 Å². The average molecular weight is 585 g/mol. The summed E-state index contributed by atoms with van der Waals surface area (Å²) in [4.78, 5) is 46.1. The summed E-state index contributed by atoms with van der Waals surface area (Å²) in [6.07, 6.45) is 1.04. The minimum absolute atomic E-state index is 0.0986. The summed E-state index contributed by atoms with van der Waals surface area (Å²) in [6.45, 7) is 6.92. The van der Waals surface area contributed by atoms with Gasteiger partial charge in [0.05, 0.1) is 5.02 Å². The Morgan fingerprint density at radius 3 is 2.30 bits per heavy atom. The number of benzene rings is 2. The number of carbonyl (C=O) groups is 1. The lowest BCUT2D eigenvalue weighted by Gasteiger charge is -2.33. The van der Waals surface area contributed by atoms with Crippen LogP contribution in [0.25, 0.3) is 28.2 Å². The summed E-state index contributed by atoms with van der Waals surface area (Å²) in [5.41, 5.74) is 0.370. The van der Waals surface area contributed by atoms with Crippen molar-refractivity contribution in [2.24, 2.45) is 13.0 Å². The van der Waals surface area contributed by atoms with Crippen LogP contribution in [0.4, 0.5) is 4.79 Å². The van der Waals surface area contributed by atoms with Crippen LogP contribution in [0, 0.1) is 5.92 Å². The summed E-state index contributed by atoms with van der Waals surface area (Å²) in [6, 6.07) is 14.3. The van der Waals surface area contributed by atoms with Crippen molar-refractivity contribution in [3.63, 3.8) is 0 Å². The van der Waals surface area contributed by atoms with Gasteiger partial charge >= 0.3 is 11.8 Å². The van der Waals surface area contributed by atoms with Gasteiger partial charge in [0.25, 0.3) is 5.56 Å². The Morgan fingerprint density at radius 1 is 1.02 bits per heavy atom. The standard InChI is InChI=1S/C29H31Cl2N5O4/c1-29(2,3)40-28(39)34-15-13-18(14-16-34)17-35-25-23(26(37)33(4)27(35)38)36(20-11-9-19(30)10-12-20)24(32-25)21-7-5-6-8-22(21)31/h5-12,18H,13-17H2,1-4H3. The molecule has 2 aromatic heterocycles. The topological polar surface area (TPSA) is 91.4 Å². The number of aromatic nitrogens is 4. The zero-order chi connectivity index (χ0) is 28.8. The van der Waals surface area contributed by atoms with E-state index in [0.29, 0.717) is 59.6 Å². The van der Waals surface area contributed by atoms with E-state index in [4.69, 9.17) is 32.9 Å². The van der Waals surface area contributed by atoms with Gasteiger partial charge in [0.15, 0.2) is 11.2 Å². The second-order valence-corrected chi connectivity index (χ2v) is 11.9. The molecule has 0 radical (unpaired) electrons. The number of ether oxygens (including phenoxy) is 1. The number of imidazole rings is 1. The molecule has 40 heavy (non-hydrogen) atoms. The molecular formula is C29H31Cl2N5O4. The molecule has 3 heterocycles. The number of rotatable bonds is 4. The average Bonchev–Trinajstić information content (AvgIpc) is 3.30. The third-order valence-corrected chi connectivity index (χ3v) is 7.63. The Kier molecular flexibility index (Phi) is 7.54. The van der Waals surface area contributed by atoms with Crippen molar-refractivity contribution in [3.05, 3.63) is 79.4 Å². The molecule has 11 heteroatoms. The molecule has 0 aliphatic carbocycles. The molecule has 210 valence electrons. The normalized spacial score (nSPS) is 14.6. The first-order chi connectivity index (χ1) is 18.9. The van der Waals surface area contributed by atoms with Gasteiger partial charge in [0.1, 0.15) is 11.4 Å². The number of fused-ring (bicyclic) bond motifs is 1. The number of halogens is 2. The van der Waals surface area contributed by atoms with Gasteiger partial charge in [-0.3, -0.25) is 18.5 Å². The molecule has 5 rings (SSSR count). The first kappa shape index (κ1) is 28.0. The number of nitrogens with zero attached hydrogens (tertiary/aromatic N) is 5. The van der Waals surface area contributed by atoms with Gasteiger partial charge in [-0.15, -0.1) is 0 Å². The fourth-order valence-electron chi connectivity index (χ4n) is 5.02. The maximum absolute atomic E-state index is 13.6. The van der Waals surface area contributed by atoms with Crippen LogP contribution in [0.2, 0.25) is 10.0 Å². The number of piperidine rings is 1. The number of hydrogen-bond acceptors (Lipinski definition) is 5. The first-order valence-electron chi connectivity index (χ1n) is 13.2. The lowest BCUT2D eigenvalue weighted by Crippen LogP contribution is -2.44. The molecule has 0 N–H and O–H groups in total. The summed E-state index contributed by atoms with van der Waals surface area (Å²) < 4.78 is 9.93. The third kappa shape index (κ3) is 5.40. The highest BCUT2D eigenvalue weighted by Crippen LogP contribution is 2.32. The Hall–Kier alpha value is -3.56. The first-order valence-corrected chi connectivity index (χ1v) is 13.9. The SMILES string of the molecule is Cn1c(=O)c2c(nc(-c3ccccc3Cl)n2-c2ccc(Cl)cc2)n(CC2CCN(C(=O)OC(C)(C)C)CC2)c1=O. The van der Waals surface area contributed by atoms with E-state index in [1.54, 1.807) is 44.4 Å². The van der Waals surface area contributed by atoms with Crippen molar-refractivity contribution in [2.45, 2.75) is 45.8 Å². The summed E-state index contributed by atoms with van der Waals surface area (Å²) in [5.74, 6) is 0.542. The second-order valence-electron chi connectivity index (χ2n) is 11.1. The maximum atomic E-state index is 13.6. The number of hydrogen-bond donors (Lipinski definition) is 0. The molecular weight excluding hydrogens is 553 g/mol. The van der Waals surface area contributed by atoms with Crippen molar-refractivity contribution < 1.29 is 9.53 Å². The molecule has 0 unspecified atom stereocenters. The second kappa shape index (κ2) is 10.8. The zero-order valence-corrected chi connectivity index (χ0v) is 24.4. The van der Waals surface area contributed by atoms with Gasteiger partial charge in [0.2, 0.25) is 0 Å². The molecule has 1 amide bonds. The van der Waals surface area contributed by atoms with E-state index in [1.165, 1.54) is 7.05 Å². The fourth-order valence-corrected chi connectivity index (χ4v) is 5.36. The maximum Gasteiger partial charge on any atom is 0.410 e.